The van der Waals surface area contributed by atoms with E-state index in [-0.39, 0.29) is 0 Å². The summed E-state index contributed by atoms with van der Waals surface area (Å²) in [6.07, 6.45) is 62.1. The molecule has 2 nitrogen and oxygen atoms in total. The van der Waals surface area contributed by atoms with Gasteiger partial charge in [-0.2, -0.15) is 0 Å². The maximum absolute atomic E-state index is 2.78. The lowest BCUT2D eigenvalue weighted by molar-refractivity contribution is 0.220. The lowest BCUT2D eigenvalue weighted by atomic mass is 9.98. The lowest BCUT2D eigenvalue weighted by Crippen LogP contribution is -2.34. The molecule has 0 bridgehead atoms. The Bertz CT molecular complexity index is 1020. The summed E-state index contributed by atoms with van der Waals surface area (Å²) in [5, 5.41) is 0. The van der Waals surface area contributed by atoms with Crippen molar-refractivity contribution in [1.82, 2.24) is 9.80 Å². The molecule has 10 atom stereocenters. The van der Waals surface area contributed by atoms with Crippen molar-refractivity contribution in [3.8, 4) is 0 Å². The highest BCUT2D eigenvalue weighted by Gasteiger charge is 2.45. The van der Waals surface area contributed by atoms with Gasteiger partial charge in [-0.25, -0.2) is 0 Å². The van der Waals surface area contributed by atoms with Crippen LogP contribution in [0.2, 0.25) is 0 Å². The van der Waals surface area contributed by atoms with Gasteiger partial charge in [-0.1, -0.05) is 255 Å². The molecule has 0 amide bonds. The fraction of sp³-hybridized carbons (Fsp3) is 1.00. The summed E-state index contributed by atoms with van der Waals surface area (Å²) in [5.41, 5.74) is 0. The average molecular weight is 958 g/mol. The normalized spacial score (nSPS) is 25.3. The van der Waals surface area contributed by atoms with Gasteiger partial charge in [0.2, 0.25) is 0 Å². The quantitative estimate of drug-likeness (QED) is 0.0443. The highest BCUT2D eigenvalue weighted by Crippen LogP contribution is 2.55. The van der Waals surface area contributed by atoms with Crippen LogP contribution in [0.25, 0.3) is 0 Å². The summed E-state index contributed by atoms with van der Waals surface area (Å²) >= 11 is 0. The van der Waals surface area contributed by atoms with Gasteiger partial charge in [0.15, 0.2) is 0 Å². The van der Waals surface area contributed by atoms with E-state index >= 15 is 0 Å². The number of unbranched alkanes of at least 4 members (excludes halogenated alkanes) is 22. The Hall–Kier alpha value is 0.620. The molecule has 4 aliphatic carbocycles. The zero-order chi connectivity index (χ0) is 46.9. The van der Waals surface area contributed by atoms with Gasteiger partial charge in [-0.3, -0.25) is 0 Å². The van der Waals surface area contributed by atoms with E-state index in [0.29, 0.717) is 0 Å². The molecule has 0 aliphatic heterocycles. The first-order valence-corrected chi connectivity index (χ1v) is 33.6. The first kappa shape index (κ1) is 59.2. The molecule has 66 heavy (non-hydrogen) atoms. The molecule has 0 aromatic heterocycles. The highest BCUT2D eigenvalue weighted by molar-refractivity contribution is 8.76. The van der Waals surface area contributed by atoms with Crippen LogP contribution in [0.15, 0.2) is 0 Å². The van der Waals surface area contributed by atoms with Crippen molar-refractivity contribution in [3.05, 3.63) is 0 Å². The Balaban J connectivity index is 1.02. The number of hydrogen-bond acceptors (Lipinski definition) is 4. The van der Waals surface area contributed by atoms with Gasteiger partial charge < -0.3 is 9.80 Å². The number of hydrogen-bond donors (Lipinski definition) is 0. The molecular formula is C62H120N2S2. The van der Waals surface area contributed by atoms with Crippen LogP contribution >= 0.6 is 21.6 Å². The van der Waals surface area contributed by atoms with Crippen molar-refractivity contribution in [2.45, 2.75) is 309 Å². The Morgan fingerprint density at radius 3 is 0.864 bits per heavy atom. The summed E-state index contributed by atoms with van der Waals surface area (Å²) in [6, 6.07) is 1.60. The van der Waals surface area contributed by atoms with Gasteiger partial charge in [0.05, 0.1) is 0 Å². The molecule has 0 aromatic carbocycles. The monoisotopic (exact) mass is 957 g/mol. The third kappa shape index (κ3) is 28.6. The van der Waals surface area contributed by atoms with Crippen molar-refractivity contribution in [1.29, 1.82) is 0 Å². The molecule has 0 N–H and O–H groups in total. The summed E-state index contributed by atoms with van der Waals surface area (Å²) in [5.74, 6) is 11.6. The average Bonchev–Trinajstić information content (AvgIpc) is 4.15. The second kappa shape index (κ2) is 38.3. The van der Waals surface area contributed by atoms with Crippen molar-refractivity contribution >= 4 is 21.6 Å². The molecule has 4 saturated carbocycles. The minimum atomic E-state index is 0.798. The SMILES string of the molecule is CCCCCCCCC(CCCCCCCC1CC1CC1CC1CCCCC)N(C)CCSSCCN(C)C(CCCCCCCC)CCCCCCCC1CC1CC1CC1CCCCC. The molecule has 390 valence electrons. The molecule has 4 fully saturated rings. The Morgan fingerprint density at radius 1 is 0.318 bits per heavy atom. The Labute approximate surface area is 424 Å². The minimum Gasteiger partial charge on any atom is -0.303 e. The number of nitrogens with zero attached hydrogens (tertiary/aromatic N) is 2. The Kier molecular flexibility index (Phi) is 34.3. The molecule has 0 spiro atoms. The molecule has 0 saturated heterocycles. The third-order valence-electron chi connectivity index (χ3n) is 18.2. The van der Waals surface area contributed by atoms with Crippen LogP contribution in [-0.2, 0) is 0 Å². The van der Waals surface area contributed by atoms with Crippen LogP contribution in [-0.4, -0.2) is 60.6 Å². The smallest absolute Gasteiger partial charge is 0.0165 e. The van der Waals surface area contributed by atoms with Crippen LogP contribution in [0.5, 0.6) is 0 Å². The van der Waals surface area contributed by atoms with Crippen LogP contribution in [0.3, 0.4) is 0 Å². The van der Waals surface area contributed by atoms with E-state index in [1.165, 1.54) is 230 Å². The predicted molar refractivity (Wildman–Crippen MR) is 302 cm³/mol. The van der Waals surface area contributed by atoms with Gasteiger partial charge >= 0.3 is 0 Å². The molecule has 0 radical (unpaired) electrons. The van der Waals surface area contributed by atoms with E-state index in [1.807, 2.05) is 0 Å². The second-order valence-electron chi connectivity index (χ2n) is 24.2. The predicted octanol–water partition coefficient (Wildman–Crippen LogP) is 20.4. The fourth-order valence-corrected chi connectivity index (χ4v) is 15.0. The first-order chi connectivity index (χ1) is 32.5. The van der Waals surface area contributed by atoms with Crippen molar-refractivity contribution in [3.63, 3.8) is 0 Å². The van der Waals surface area contributed by atoms with Crippen LogP contribution in [0, 0.1) is 47.3 Å². The zero-order valence-corrected chi connectivity index (χ0v) is 47.6. The molecule has 0 heterocycles. The summed E-state index contributed by atoms with van der Waals surface area (Å²) in [6.45, 7) is 11.9. The number of rotatable bonds is 51. The van der Waals surface area contributed by atoms with Crippen molar-refractivity contribution in [2.24, 2.45) is 47.3 Å². The maximum atomic E-state index is 2.78. The van der Waals surface area contributed by atoms with E-state index in [0.717, 1.165) is 59.4 Å². The van der Waals surface area contributed by atoms with Gasteiger partial charge in [-0.15, -0.1) is 0 Å². The minimum absolute atomic E-state index is 0.798. The van der Waals surface area contributed by atoms with Crippen molar-refractivity contribution in [2.75, 3.05) is 38.7 Å². The van der Waals surface area contributed by atoms with Crippen molar-refractivity contribution < 1.29 is 0 Å². The van der Waals surface area contributed by atoms with Crippen LogP contribution < -0.4 is 0 Å². The fourth-order valence-electron chi connectivity index (χ4n) is 12.9. The van der Waals surface area contributed by atoms with Gasteiger partial charge in [-0.05, 0) is 126 Å². The molecule has 0 aromatic rings. The van der Waals surface area contributed by atoms with E-state index in [1.54, 1.807) is 64.2 Å². The first-order valence-electron chi connectivity index (χ1n) is 31.1. The maximum Gasteiger partial charge on any atom is 0.0165 e. The third-order valence-corrected chi connectivity index (χ3v) is 20.6. The Morgan fingerprint density at radius 2 is 0.561 bits per heavy atom. The van der Waals surface area contributed by atoms with E-state index < -0.39 is 0 Å². The lowest BCUT2D eigenvalue weighted by Gasteiger charge is -2.29. The zero-order valence-electron chi connectivity index (χ0n) is 46.0. The van der Waals surface area contributed by atoms with E-state index in [9.17, 15) is 0 Å². The molecule has 4 aliphatic rings. The van der Waals surface area contributed by atoms with E-state index in [2.05, 4.69) is 73.2 Å². The van der Waals surface area contributed by atoms with Gasteiger partial charge in [0, 0.05) is 36.7 Å². The molecular weight excluding hydrogens is 837 g/mol. The van der Waals surface area contributed by atoms with Crippen LogP contribution in [0.1, 0.15) is 297 Å². The van der Waals surface area contributed by atoms with Gasteiger partial charge in [0.1, 0.15) is 0 Å². The molecule has 4 rings (SSSR count). The molecule has 4 heteroatoms. The summed E-state index contributed by atoms with van der Waals surface area (Å²) < 4.78 is 0. The highest BCUT2D eigenvalue weighted by atomic mass is 33.1. The second-order valence-corrected chi connectivity index (χ2v) is 26.9. The topological polar surface area (TPSA) is 6.48 Å². The van der Waals surface area contributed by atoms with E-state index in [4.69, 9.17) is 0 Å². The molecule has 10 unspecified atom stereocenters. The standard InChI is InChI=1S/C62H120N2S2/c1-7-11-15-17-23-31-39-61(41-33-25-19-21-29-37-55-49-59(55)51-57-47-53(57)35-27-13-9-3)63(5)43-45-65-66-46-44-64(6)62(40-32-24-18-16-12-8-2)42-34-26-20-22-30-38-56-50-60(56)52-58-48-54(58)36-28-14-10-4/h53-62H,7-52H2,1-6H3. The van der Waals surface area contributed by atoms with Gasteiger partial charge in [0.25, 0.3) is 0 Å². The summed E-state index contributed by atoms with van der Waals surface area (Å²) in [7, 11) is 9.27. The van der Waals surface area contributed by atoms with Crippen LogP contribution in [0.4, 0.5) is 0 Å². The largest absolute Gasteiger partial charge is 0.303 e. The summed E-state index contributed by atoms with van der Waals surface area (Å²) in [4.78, 5) is 5.57.